The first kappa shape index (κ1) is 13.7. The number of nitrogens with zero attached hydrogens (tertiary/aromatic N) is 1. The summed E-state index contributed by atoms with van der Waals surface area (Å²) in [6, 6.07) is 6.66. The minimum absolute atomic E-state index is 0.203. The van der Waals surface area contributed by atoms with E-state index in [1.807, 2.05) is 0 Å². The van der Waals surface area contributed by atoms with Crippen LogP contribution in [-0.4, -0.2) is 35.2 Å². The summed E-state index contributed by atoms with van der Waals surface area (Å²) >= 11 is 1.13. The number of hydrogen-bond acceptors (Lipinski definition) is 6. The molecule has 7 heteroatoms. The van der Waals surface area contributed by atoms with Gasteiger partial charge in [-0.1, -0.05) is 23.9 Å². The Morgan fingerprint density at radius 2 is 1.86 bits per heavy atom. The van der Waals surface area contributed by atoms with Crippen molar-refractivity contribution in [3.8, 4) is 0 Å². The SMILES string of the molecule is COC(=O)C1=C(N)SC(N2C(=O)c3ccccc3C2=O)C1. The Morgan fingerprint density at radius 3 is 2.38 bits per heavy atom. The molecular weight excluding hydrogens is 292 g/mol. The van der Waals surface area contributed by atoms with Crippen LogP contribution in [-0.2, 0) is 9.53 Å². The predicted octanol–water partition coefficient (Wildman–Crippen LogP) is 1.09. The number of benzene rings is 1. The molecule has 0 spiro atoms. The molecule has 0 fully saturated rings. The fraction of sp³-hybridized carbons (Fsp3) is 0.214. The van der Waals surface area contributed by atoms with Gasteiger partial charge in [-0.05, 0) is 12.1 Å². The number of amides is 2. The van der Waals surface area contributed by atoms with Gasteiger partial charge < -0.3 is 10.5 Å². The van der Waals surface area contributed by atoms with Crippen molar-refractivity contribution in [1.29, 1.82) is 0 Å². The molecule has 2 aliphatic heterocycles. The number of carbonyl (C=O) groups is 3. The molecule has 2 amide bonds. The van der Waals surface area contributed by atoms with E-state index < -0.39 is 11.3 Å². The summed E-state index contributed by atoms with van der Waals surface area (Å²) in [6.07, 6.45) is 0.203. The van der Waals surface area contributed by atoms with Crippen LogP contribution in [0.3, 0.4) is 0 Å². The number of hydrogen-bond donors (Lipinski definition) is 1. The summed E-state index contributed by atoms with van der Waals surface area (Å²) in [5.41, 5.74) is 6.88. The Hall–Kier alpha value is -2.28. The molecule has 1 aromatic rings. The normalized spacial score (nSPS) is 21.0. The molecule has 0 aromatic heterocycles. The van der Waals surface area contributed by atoms with Crippen molar-refractivity contribution in [3.05, 3.63) is 46.0 Å². The predicted molar refractivity (Wildman–Crippen MR) is 76.2 cm³/mol. The van der Waals surface area contributed by atoms with E-state index >= 15 is 0 Å². The molecule has 1 atom stereocenters. The molecule has 2 heterocycles. The highest BCUT2D eigenvalue weighted by Gasteiger charge is 2.43. The number of thioether (sulfide) groups is 1. The van der Waals surface area contributed by atoms with Gasteiger partial charge in [-0.3, -0.25) is 14.5 Å². The highest BCUT2D eigenvalue weighted by atomic mass is 32.2. The minimum atomic E-state index is -0.529. The average Bonchev–Trinajstić information content (AvgIpc) is 2.98. The fourth-order valence-corrected chi connectivity index (χ4v) is 3.60. The third-order valence-corrected chi connectivity index (χ3v) is 4.63. The van der Waals surface area contributed by atoms with Crippen LogP contribution in [0, 0.1) is 0 Å². The molecule has 0 bridgehead atoms. The van der Waals surface area contributed by atoms with Crippen LogP contribution >= 0.6 is 11.8 Å². The first-order chi connectivity index (χ1) is 10.0. The van der Waals surface area contributed by atoms with Crippen LogP contribution < -0.4 is 5.73 Å². The Morgan fingerprint density at radius 1 is 1.29 bits per heavy atom. The van der Waals surface area contributed by atoms with Crippen LogP contribution in [0.25, 0.3) is 0 Å². The van der Waals surface area contributed by atoms with Gasteiger partial charge in [0, 0.05) is 6.42 Å². The van der Waals surface area contributed by atoms with Crippen LogP contribution in [0.15, 0.2) is 34.9 Å². The first-order valence-electron chi connectivity index (χ1n) is 6.25. The number of ether oxygens (including phenoxy) is 1. The lowest BCUT2D eigenvalue weighted by Gasteiger charge is -2.21. The van der Waals surface area contributed by atoms with Crippen molar-refractivity contribution in [2.45, 2.75) is 11.8 Å². The van der Waals surface area contributed by atoms with Crippen molar-refractivity contribution < 1.29 is 19.1 Å². The van der Waals surface area contributed by atoms with Gasteiger partial charge in [-0.15, -0.1) is 0 Å². The summed E-state index contributed by atoms with van der Waals surface area (Å²) in [5, 5.41) is -0.213. The number of fused-ring (bicyclic) bond motifs is 1. The van der Waals surface area contributed by atoms with Crippen LogP contribution in [0.1, 0.15) is 27.1 Å². The molecule has 3 rings (SSSR count). The van der Waals surface area contributed by atoms with Gasteiger partial charge in [0.2, 0.25) is 0 Å². The summed E-state index contributed by atoms with van der Waals surface area (Å²) in [6.45, 7) is 0. The smallest absolute Gasteiger partial charge is 0.336 e. The molecular formula is C14H12N2O4S. The average molecular weight is 304 g/mol. The minimum Gasteiger partial charge on any atom is -0.466 e. The van der Waals surface area contributed by atoms with Crippen molar-refractivity contribution >= 4 is 29.5 Å². The van der Waals surface area contributed by atoms with E-state index in [4.69, 9.17) is 5.73 Å². The van der Waals surface area contributed by atoms with Gasteiger partial charge in [0.25, 0.3) is 11.8 Å². The van der Waals surface area contributed by atoms with E-state index in [0.29, 0.717) is 21.7 Å². The van der Waals surface area contributed by atoms with Crippen LogP contribution in [0.4, 0.5) is 0 Å². The molecule has 21 heavy (non-hydrogen) atoms. The molecule has 108 valence electrons. The lowest BCUT2D eigenvalue weighted by Crippen LogP contribution is -2.37. The van der Waals surface area contributed by atoms with Gasteiger partial charge in [0.05, 0.1) is 34.2 Å². The van der Waals surface area contributed by atoms with Crippen LogP contribution in [0.5, 0.6) is 0 Å². The Kier molecular flexibility index (Phi) is 3.21. The molecule has 0 aliphatic carbocycles. The largest absolute Gasteiger partial charge is 0.466 e. The lowest BCUT2D eigenvalue weighted by molar-refractivity contribution is -0.136. The zero-order chi connectivity index (χ0) is 15.1. The number of imide groups is 1. The summed E-state index contributed by atoms with van der Waals surface area (Å²) in [5.74, 6) is -1.24. The van der Waals surface area contributed by atoms with E-state index in [2.05, 4.69) is 4.74 Å². The summed E-state index contributed by atoms with van der Waals surface area (Å²) < 4.78 is 4.65. The molecule has 1 aromatic carbocycles. The zero-order valence-corrected chi connectivity index (χ0v) is 12.0. The van der Waals surface area contributed by atoms with Gasteiger partial charge in [0.1, 0.15) is 0 Å². The standard InChI is InChI=1S/C14H12N2O4S/c1-20-14(19)9-6-10(21-11(9)15)16-12(17)7-4-2-3-5-8(7)13(16)18/h2-5,10H,6,15H2,1H3. The van der Waals surface area contributed by atoms with Gasteiger partial charge >= 0.3 is 5.97 Å². The number of rotatable bonds is 2. The monoisotopic (exact) mass is 304 g/mol. The van der Waals surface area contributed by atoms with Gasteiger partial charge in [-0.25, -0.2) is 4.79 Å². The molecule has 0 saturated carbocycles. The van der Waals surface area contributed by atoms with Crippen molar-refractivity contribution in [2.24, 2.45) is 5.73 Å². The van der Waals surface area contributed by atoms with Gasteiger partial charge in [-0.2, -0.15) is 0 Å². The number of esters is 1. The van der Waals surface area contributed by atoms with E-state index in [0.717, 1.165) is 16.7 Å². The van der Waals surface area contributed by atoms with Crippen molar-refractivity contribution in [1.82, 2.24) is 4.90 Å². The van der Waals surface area contributed by atoms with E-state index in [9.17, 15) is 14.4 Å². The Balaban J connectivity index is 1.87. The van der Waals surface area contributed by atoms with Crippen molar-refractivity contribution in [3.63, 3.8) is 0 Å². The third kappa shape index (κ3) is 2.01. The number of carbonyl (C=O) groups excluding carboxylic acids is 3. The number of methoxy groups -OCH3 is 1. The Labute approximate surface area is 124 Å². The lowest BCUT2D eigenvalue weighted by atomic mass is 10.1. The maximum atomic E-state index is 12.4. The maximum Gasteiger partial charge on any atom is 0.336 e. The quantitative estimate of drug-likeness (QED) is 0.650. The number of nitrogens with two attached hydrogens (primary N) is 1. The topological polar surface area (TPSA) is 89.7 Å². The molecule has 1 unspecified atom stereocenters. The fourth-order valence-electron chi connectivity index (χ4n) is 2.46. The second-order valence-corrected chi connectivity index (χ2v) is 5.86. The highest BCUT2D eigenvalue weighted by molar-refractivity contribution is 8.03. The molecule has 0 saturated heterocycles. The second-order valence-electron chi connectivity index (χ2n) is 4.64. The molecule has 2 N–H and O–H groups in total. The van der Waals surface area contributed by atoms with Crippen LogP contribution in [0.2, 0.25) is 0 Å². The third-order valence-electron chi connectivity index (χ3n) is 3.48. The molecule has 6 nitrogen and oxygen atoms in total. The van der Waals surface area contributed by atoms with E-state index in [1.165, 1.54) is 7.11 Å². The molecule has 2 aliphatic rings. The summed E-state index contributed by atoms with van der Waals surface area (Å²) in [4.78, 5) is 37.5. The van der Waals surface area contributed by atoms with Crippen molar-refractivity contribution in [2.75, 3.05) is 7.11 Å². The maximum absolute atomic E-state index is 12.4. The van der Waals surface area contributed by atoms with Gasteiger partial charge in [0.15, 0.2) is 0 Å². The zero-order valence-electron chi connectivity index (χ0n) is 11.2. The van der Waals surface area contributed by atoms with E-state index in [1.54, 1.807) is 24.3 Å². The first-order valence-corrected chi connectivity index (χ1v) is 7.13. The molecule has 0 radical (unpaired) electrons. The van der Waals surface area contributed by atoms with E-state index in [-0.39, 0.29) is 18.2 Å². The second kappa shape index (κ2) is 4.92. The highest BCUT2D eigenvalue weighted by Crippen LogP contribution is 2.40. The Bertz CT molecular complexity index is 663. The summed E-state index contributed by atoms with van der Waals surface area (Å²) in [7, 11) is 1.27.